The lowest BCUT2D eigenvalue weighted by molar-refractivity contribution is 0.821. The SMILES string of the molecule is Cn1ccnc1Cc1ccc2c(c1)CCN2. The quantitative estimate of drug-likeness (QED) is 0.826. The number of fused-ring (bicyclic) bond motifs is 1. The zero-order valence-corrected chi connectivity index (χ0v) is 9.40. The lowest BCUT2D eigenvalue weighted by Gasteiger charge is -2.05. The zero-order valence-electron chi connectivity index (χ0n) is 9.40. The van der Waals surface area contributed by atoms with Crippen molar-refractivity contribution in [1.29, 1.82) is 0 Å². The zero-order chi connectivity index (χ0) is 11.0. The summed E-state index contributed by atoms with van der Waals surface area (Å²) in [6.45, 7) is 1.07. The van der Waals surface area contributed by atoms with Gasteiger partial charge in [-0.2, -0.15) is 0 Å². The first kappa shape index (κ1) is 9.46. The van der Waals surface area contributed by atoms with E-state index in [1.54, 1.807) is 0 Å². The number of imidazole rings is 1. The molecule has 1 aromatic heterocycles. The van der Waals surface area contributed by atoms with Crippen molar-refractivity contribution < 1.29 is 0 Å². The molecule has 2 aromatic rings. The summed E-state index contributed by atoms with van der Waals surface area (Å²) in [5.41, 5.74) is 4.08. The third kappa shape index (κ3) is 1.58. The predicted octanol–water partition coefficient (Wildman–Crippen LogP) is 1.98. The summed E-state index contributed by atoms with van der Waals surface area (Å²) in [5.74, 6) is 1.12. The van der Waals surface area contributed by atoms with E-state index in [-0.39, 0.29) is 0 Å². The molecule has 0 saturated heterocycles. The van der Waals surface area contributed by atoms with Crippen molar-refractivity contribution in [2.24, 2.45) is 7.05 Å². The van der Waals surface area contributed by atoms with Crippen molar-refractivity contribution in [2.45, 2.75) is 12.8 Å². The van der Waals surface area contributed by atoms with Crippen molar-refractivity contribution in [3.63, 3.8) is 0 Å². The molecule has 0 atom stereocenters. The fraction of sp³-hybridized carbons (Fsp3) is 0.308. The molecule has 2 heterocycles. The van der Waals surface area contributed by atoms with Crippen LogP contribution >= 0.6 is 0 Å². The highest BCUT2D eigenvalue weighted by molar-refractivity contribution is 5.56. The second-order valence-corrected chi connectivity index (χ2v) is 4.30. The van der Waals surface area contributed by atoms with Gasteiger partial charge in [0.1, 0.15) is 5.82 Å². The Balaban J connectivity index is 1.88. The number of nitrogens with zero attached hydrogens (tertiary/aromatic N) is 2. The first-order valence-electron chi connectivity index (χ1n) is 5.65. The maximum atomic E-state index is 4.35. The van der Waals surface area contributed by atoms with Crippen LogP contribution < -0.4 is 5.32 Å². The monoisotopic (exact) mass is 213 g/mol. The van der Waals surface area contributed by atoms with Gasteiger partial charge in [0.15, 0.2) is 0 Å². The number of nitrogens with one attached hydrogen (secondary N) is 1. The van der Waals surface area contributed by atoms with Crippen LogP contribution in [-0.4, -0.2) is 16.1 Å². The third-order valence-corrected chi connectivity index (χ3v) is 3.16. The lowest BCUT2D eigenvalue weighted by atomic mass is 10.1. The average molecular weight is 213 g/mol. The lowest BCUT2D eigenvalue weighted by Crippen LogP contribution is -1.98. The van der Waals surface area contributed by atoms with Crippen molar-refractivity contribution >= 4 is 5.69 Å². The summed E-state index contributed by atoms with van der Waals surface area (Å²) in [5, 5.41) is 3.38. The molecule has 82 valence electrons. The Hall–Kier alpha value is -1.77. The van der Waals surface area contributed by atoms with E-state index >= 15 is 0 Å². The van der Waals surface area contributed by atoms with Crippen molar-refractivity contribution in [3.05, 3.63) is 47.5 Å². The molecule has 1 N–H and O–H groups in total. The van der Waals surface area contributed by atoms with Crippen LogP contribution in [0.5, 0.6) is 0 Å². The molecule has 0 bridgehead atoms. The number of benzene rings is 1. The van der Waals surface area contributed by atoms with Crippen LogP contribution in [0.15, 0.2) is 30.6 Å². The standard InChI is InChI=1S/C13H15N3/c1-16-7-6-15-13(16)9-10-2-3-12-11(8-10)4-5-14-12/h2-3,6-8,14H,4-5,9H2,1H3. The van der Waals surface area contributed by atoms with Crippen LogP contribution in [0.25, 0.3) is 0 Å². The van der Waals surface area contributed by atoms with Crippen LogP contribution in [0.1, 0.15) is 17.0 Å². The largest absolute Gasteiger partial charge is 0.384 e. The highest BCUT2D eigenvalue weighted by Gasteiger charge is 2.10. The molecule has 0 spiro atoms. The first-order valence-corrected chi connectivity index (χ1v) is 5.65. The van der Waals surface area contributed by atoms with Gasteiger partial charge in [0.25, 0.3) is 0 Å². The molecule has 0 saturated carbocycles. The van der Waals surface area contributed by atoms with E-state index in [1.165, 1.54) is 16.8 Å². The van der Waals surface area contributed by atoms with Crippen molar-refractivity contribution in [1.82, 2.24) is 9.55 Å². The average Bonchev–Trinajstić information content (AvgIpc) is 2.88. The molecule has 1 aromatic carbocycles. The number of aromatic nitrogens is 2. The number of rotatable bonds is 2. The Kier molecular flexibility index (Phi) is 2.17. The summed E-state index contributed by atoms with van der Waals surface area (Å²) >= 11 is 0. The number of anilines is 1. The van der Waals surface area contributed by atoms with E-state index in [9.17, 15) is 0 Å². The van der Waals surface area contributed by atoms with Gasteiger partial charge in [-0.1, -0.05) is 12.1 Å². The van der Waals surface area contributed by atoms with Gasteiger partial charge >= 0.3 is 0 Å². The minimum atomic E-state index is 0.913. The fourth-order valence-corrected chi connectivity index (χ4v) is 2.22. The minimum absolute atomic E-state index is 0.913. The highest BCUT2D eigenvalue weighted by Crippen LogP contribution is 2.23. The summed E-state index contributed by atoms with van der Waals surface area (Å²) in [7, 11) is 2.04. The third-order valence-electron chi connectivity index (χ3n) is 3.16. The molecule has 1 aliphatic rings. The molecule has 3 heteroatoms. The van der Waals surface area contributed by atoms with E-state index in [0.29, 0.717) is 0 Å². The molecule has 0 aliphatic carbocycles. The Labute approximate surface area is 95.1 Å². The van der Waals surface area contributed by atoms with Gasteiger partial charge in [-0.25, -0.2) is 4.98 Å². The minimum Gasteiger partial charge on any atom is -0.384 e. The summed E-state index contributed by atoms with van der Waals surface area (Å²) in [6, 6.07) is 6.66. The Morgan fingerprint density at radius 2 is 2.38 bits per heavy atom. The molecule has 3 rings (SSSR count). The van der Waals surface area contributed by atoms with Gasteiger partial charge in [-0.05, 0) is 23.6 Å². The van der Waals surface area contributed by atoms with Crippen molar-refractivity contribution in [3.8, 4) is 0 Å². The fourth-order valence-electron chi connectivity index (χ4n) is 2.22. The van der Waals surface area contributed by atoms with Crippen LogP contribution in [0.2, 0.25) is 0 Å². The second kappa shape index (κ2) is 3.67. The molecule has 0 fully saturated rings. The van der Waals surface area contributed by atoms with Gasteiger partial charge in [0.05, 0.1) is 0 Å². The molecule has 0 radical (unpaired) electrons. The van der Waals surface area contributed by atoms with Crippen molar-refractivity contribution in [2.75, 3.05) is 11.9 Å². The van der Waals surface area contributed by atoms with E-state index < -0.39 is 0 Å². The van der Waals surface area contributed by atoms with Crippen LogP contribution in [0.3, 0.4) is 0 Å². The molecule has 0 unspecified atom stereocenters. The highest BCUT2D eigenvalue weighted by atomic mass is 15.0. The summed E-state index contributed by atoms with van der Waals surface area (Å²) < 4.78 is 2.07. The molecular weight excluding hydrogens is 198 g/mol. The Morgan fingerprint density at radius 1 is 1.44 bits per heavy atom. The molecule has 0 amide bonds. The van der Waals surface area contributed by atoms with E-state index in [2.05, 4.69) is 33.1 Å². The molecule has 16 heavy (non-hydrogen) atoms. The maximum Gasteiger partial charge on any atom is 0.112 e. The first-order chi connectivity index (χ1) is 7.83. The van der Waals surface area contributed by atoms with Gasteiger partial charge in [0, 0.05) is 38.1 Å². The van der Waals surface area contributed by atoms with E-state index in [0.717, 1.165) is 25.2 Å². The molecular formula is C13H15N3. The number of aryl methyl sites for hydroxylation is 1. The van der Waals surface area contributed by atoms with Crippen LogP contribution in [0, 0.1) is 0 Å². The smallest absolute Gasteiger partial charge is 0.112 e. The van der Waals surface area contributed by atoms with Gasteiger partial charge in [-0.15, -0.1) is 0 Å². The topological polar surface area (TPSA) is 29.9 Å². The second-order valence-electron chi connectivity index (χ2n) is 4.30. The molecule has 1 aliphatic heterocycles. The van der Waals surface area contributed by atoms with Gasteiger partial charge in [-0.3, -0.25) is 0 Å². The van der Waals surface area contributed by atoms with Gasteiger partial charge < -0.3 is 9.88 Å². The Morgan fingerprint density at radius 3 is 3.19 bits per heavy atom. The predicted molar refractivity (Wildman–Crippen MR) is 64.6 cm³/mol. The number of hydrogen-bond acceptors (Lipinski definition) is 2. The van der Waals surface area contributed by atoms with E-state index in [4.69, 9.17) is 0 Å². The van der Waals surface area contributed by atoms with E-state index in [1.807, 2.05) is 19.4 Å². The maximum absolute atomic E-state index is 4.35. The Bertz CT molecular complexity index is 514. The summed E-state index contributed by atoms with van der Waals surface area (Å²) in [6.07, 6.45) is 5.90. The summed E-state index contributed by atoms with van der Waals surface area (Å²) in [4.78, 5) is 4.35. The normalized spacial score (nSPS) is 13.6. The van der Waals surface area contributed by atoms with Crippen LogP contribution in [0.4, 0.5) is 5.69 Å². The van der Waals surface area contributed by atoms with Crippen LogP contribution in [-0.2, 0) is 19.9 Å². The van der Waals surface area contributed by atoms with Gasteiger partial charge in [0.2, 0.25) is 0 Å². The number of hydrogen-bond donors (Lipinski definition) is 1. The molecule has 3 nitrogen and oxygen atoms in total.